The number of hydrogen-bond donors (Lipinski definition) is 0. The Labute approximate surface area is 142 Å². The van der Waals surface area contributed by atoms with Gasteiger partial charge in [0.15, 0.2) is 0 Å². The van der Waals surface area contributed by atoms with E-state index in [1.807, 2.05) is 24.4 Å². The number of anilines is 1. The molecule has 0 aliphatic rings. The molecular weight excluding hydrogens is 321 g/mol. The number of halogens is 2. The first-order chi connectivity index (χ1) is 10.1. The van der Waals surface area contributed by atoms with Gasteiger partial charge in [0, 0.05) is 24.3 Å². The molecule has 0 spiro atoms. The molecule has 0 bridgehead atoms. The number of rotatable bonds is 5. The van der Waals surface area contributed by atoms with E-state index in [4.69, 9.17) is 11.6 Å². The lowest BCUT2D eigenvalue weighted by Crippen LogP contribution is -2.32. The van der Waals surface area contributed by atoms with Gasteiger partial charge >= 0.3 is 0 Å². The van der Waals surface area contributed by atoms with Gasteiger partial charge in [0.1, 0.15) is 6.67 Å². The molecule has 0 saturated heterocycles. The number of hydrogen-bond acceptors (Lipinski definition) is 2. The van der Waals surface area contributed by atoms with Crippen molar-refractivity contribution >= 4 is 35.6 Å². The molecule has 22 heavy (non-hydrogen) atoms. The Balaban J connectivity index is 0.00000242. The smallest absolute Gasteiger partial charge is 0.225 e. The van der Waals surface area contributed by atoms with Crippen molar-refractivity contribution in [3.8, 4) is 0 Å². The molecule has 4 nitrogen and oxygen atoms in total. The normalized spacial score (nSPS) is 10.2. The number of aryl methyl sites for hydroxylation is 1. The highest BCUT2D eigenvalue weighted by Crippen LogP contribution is 2.33. The fourth-order valence-electron chi connectivity index (χ4n) is 2.47. The third-order valence-electron chi connectivity index (χ3n) is 3.54. The van der Waals surface area contributed by atoms with Crippen molar-refractivity contribution in [3.05, 3.63) is 46.7 Å². The van der Waals surface area contributed by atoms with E-state index < -0.39 is 0 Å². The lowest BCUT2D eigenvalue weighted by Gasteiger charge is -2.27. The SMILES string of the molecule is CCc1ccc(Cl)c(CC)c1N(Cn1cccn1)C(C)=O.Cl. The standard InChI is InChI=1S/C16H20ClN3O.ClH/c1-4-13-7-8-15(17)14(5-2)16(13)20(12(3)21)11-19-10-6-9-18-19;/h6-10H,4-5,11H2,1-3H3;1H. The van der Waals surface area contributed by atoms with Crippen LogP contribution in [-0.2, 0) is 24.3 Å². The summed E-state index contributed by atoms with van der Waals surface area (Å²) < 4.78 is 1.74. The van der Waals surface area contributed by atoms with E-state index in [-0.39, 0.29) is 18.3 Å². The summed E-state index contributed by atoms with van der Waals surface area (Å²) in [4.78, 5) is 13.9. The molecule has 0 fully saturated rings. The van der Waals surface area contributed by atoms with Crippen molar-refractivity contribution in [1.82, 2.24) is 9.78 Å². The molecule has 1 heterocycles. The van der Waals surface area contributed by atoms with Crippen molar-refractivity contribution in [2.75, 3.05) is 4.90 Å². The Morgan fingerprint density at radius 1 is 1.32 bits per heavy atom. The summed E-state index contributed by atoms with van der Waals surface area (Å²) in [5, 5.41) is 4.89. The van der Waals surface area contributed by atoms with Crippen molar-refractivity contribution in [3.63, 3.8) is 0 Å². The van der Waals surface area contributed by atoms with Gasteiger partial charge in [-0.3, -0.25) is 14.4 Å². The third-order valence-corrected chi connectivity index (χ3v) is 3.89. The zero-order valence-corrected chi connectivity index (χ0v) is 14.6. The Bertz CT molecular complexity index is 627. The molecule has 0 saturated carbocycles. The molecule has 0 radical (unpaired) electrons. The van der Waals surface area contributed by atoms with E-state index in [2.05, 4.69) is 18.9 Å². The van der Waals surface area contributed by atoms with Gasteiger partial charge < -0.3 is 0 Å². The van der Waals surface area contributed by atoms with Crippen LogP contribution in [0.15, 0.2) is 30.6 Å². The second-order valence-electron chi connectivity index (χ2n) is 4.87. The molecule has 2 aromatic rings. The van der Waals surface area contributed by atoms with Gasteiger partial charge in [0.2, 0.25) is 5.91 Å². The summed E-state index contributed by atoms with van der Waals surface area (Å²) in [7, 11) is 0. The van der Waals surface area contributed by atoms with Crippen LogP contribution in [0.25, 0.3) is 0 Å². The van der Waals surface area contributed by atoms with Gasteiger partial charge in [0.05, 0.1) is 5.69 Å². The molecule has 0 atom stereocenters. The second-order valence-corrected chi connectivity index (χ2v) is 5.28. The maximum Gasteiger partial charge on any atom is 0.225 e. The maximum atomic E-state index is 12.2. The zero-order valence-electron chi connectivity index (χ0n) is 13.0. The number of carbonyl (C=O) groups is 1. The zero-order chi connectivity index (χ0) is 15.4. The molecule has 6 heteroatoms. The first-order valence-corrected chi connectivity index (χ1v) is 7.52. The van der Waals surface area contributed by atoms with Gasteiger partial charge in [-0.2, -0.15) is 5.10 Å². The van der Waals surface area contributed by atoms with E-state index in [1.54, 1.807) is 22.7 Å². The molecule has 0 aliphatic carbocycles. The minimum atomic E-state index is -0.0165. The molecular formula is C16H21Cl2N3O. The van der Waals surface area contributed by atoms with Crippen molar-refractivity contribution in [2.45, 2.75) is 40.3 Å². The van der Waals surface area contributed by atoms with Crippen LogP contribution in [0.1, 0.15) is 31.9 Å². The van der Waals surface area contributed by atoms with Crippen molar-refractivity contribution in [2.24, 2.45) is 0 Å². The average Bonchev–Trinajstić information content (AvgIpc) is 2.97. The van der Waals surface area contributed by atoms with E-state index >= 15 is 0 Å². The monoisotopic (exact) mass is 341 g/mol. The molecule has 0 N–H and O–H groups in total. The van der Waals surface area contributed by atoms with Crippen LogP contribution < -0.4 is 4.90 Å². The molecule has 2 rings (SSSR count). The fraction of sp³-hybridized carbons (Fsp3) is 0.375. The first kappa shape index (κ1) is 18.5. The topological polar surface area (TPSA) is 38.1 Å². The summed E-state index contributed by atoms with van der Waals surface area (Å²) >= 11 is 6.33. The van der Waals surface area contributed by atoms with Crippen LogP contribution in [0.2, 0.25) is 5.02 Å². The van der Waals surface area contributed by atoms with Gasteiger partial charge in [-0.1, -0.05) is 31.5 Å². The first-order valence-electron chi connectivity index (χ1n) is 7.14. The van der Waals surface area contributed by atoms with E-state index in [9.17, 15) is 4.79 Å². The fourth-order valence-corrected chi connectivity index (χ4v) is 2.76. The van der Waals surface area contributed by atoms with E-state index in [0.29, 0.717) is 11.7 Å². The van der Waals surface area contributed by atoms with Crippen LogP contribution in [0, 0.1) is 0 Å². The van der Waals surface area contributed by atoms with E-state index in [1.165, 1.54) is 0 Å². The van der Waals surface area contributed by atoms with Crippen LogP contribution in [-0.4, -0.2) is 15.7 Å². The van der Waals surface area contributed by atoms with Gasteiger partial charge in [0.25, 0.3) is 0 Å². The summed E-state index contributed by atoms with van der Waals surface area (Å²) in [6.45, 7) is 6.10. The van der Waals surface area contributed by atoms with Crippen LogP contribution >= 0.6 is 24.0 Å². The second kappa shape index (κ2) is 8.20. The van der Waals surface area contributed by atoms with Gasteiger partial charge in [-0.25, -0.2) is 0 Å². The number of benzene rings is 1. The molecule has 1 aromatic heterocycles. The largest absolute Gasteiger partial charge is 0.292 e. The Morgan fingerprint density at radius 3 is 2.55 bits per heavy atom. The predicted molar refractivity (Wildman–Crippen MR) is 92.8 cm³/mol. The van der Waals surface area contributed by atoms with Crippen molar-refractivity contribution in [1.29, 1.82) is 0 Å². The Hall–Kier alpha value is -1.52. The lowest BCUT2D eigenvalue weighted by molar-refractivity contribution is -0.117. The Morgan fingerprint density at radius 2 is 2.05 bits per heavy atom. The number of carbonyl (C=O) groups excluding carboxylic acids is 1. The third kappa shape index (κ3) is 3.81. The quantitative estimate of drug-likeness (QED) is 0.821. The predicted octanol–water partition coefficient (Wildman–Crippen LogP) is 4.09. The summed E-state index contributed by atoms with van der Waals surface area (Å²) in [6, 6.07) is 5.75. The molecule has 0 unspecified atom stereocenters. The molecule has 120 valence electrons. The minimum Gasteiger partial charge on any atom is -0.292 e. The van der Waals surface area contributed by atoms with Crippen LogP contribution in [0.4, 0.5) is 5.69 Å². The molecule has 0 aliphatic heterocycles. The average molecular weight is 342 g/mol. The highest BCUT2D eigenvalue weighted by Gasteiger charge is 2.20. The van der Waals surface area contributed by atoms with Crippen molar-refractivity contribution < 1.29 is 4.79 Å². The minimum absolute atomic E-state index is 0. The lowest BCUT2D eigenvalue weighted by atomic mass is 10.0. The summed E-state index contributed by atoms with van der Waals surface area (Å²) in [5.74, 6) is -0.0165. The number of aromatic nitrogens is 2. The van der Waals surface area contributed by atoms with Crippen LogP contribution in [0.3, 0.4) is 0 Å². The van der Waals surface area contributed by atoms with Crippen LogP contribution in [0.5, 0.6) is 0 Å². The Kier molecular flexibility index (Phi) is 6.91. The maximum absolute atomic E-state index is 12.2. The highest BCUT2D eigenvalue weighted by molar-refractivity contribution is 6.32. The summed E-state index contributed by atoms with van der Waals surface area (Å²) in [5.41, 5.74) is 3.06. The van der Waals surface area contributed by atoms with E-state index in [0.717, 1.165) is 29.7 Å². The number of amides is 1. The number of nitrogens with zero attached hydrogens (tertiary/aromatic N) is 3. The van der Waals surface area contributed by atoms with Gasteiger partial charge in [-0.15, -0.1) is 12.4 Å². The molecule has 1 amide bonds. The molecule has 1 aromatic carbocycles. The van der Waals surface area contributed by atoms with Gasteiger partial charge in [-0.05, 0) is 36.1 Å². The summed E-state index contributed by atoms with van der Waals surface area (Å²) in [6.07, 6.45) is 5.18. The highest BCUT2D eigenvalue weighted by atomic mass is 35.5.